The first-order valence-corrected chi connectivity index (χ1v) is 6.48. The fraction of sp³-hybridized carbons (Fsp3) is 0.500. The molecule has 0 spiro atoms. The number of amides is 1. The Bertz CT molecular complexity index is 468. The molecule has 0 aromatic heterocycles. The number of benzene rings is 1. The molecule has 1 rings (SSSR count). The highest BCUT2D eigenvalue weighted by molar-refractivity contribution is 5.94. The molecule has 0 heterocycles. The summed E-state index contributed by atoms with van der Waals surface area (Å²) < 4.78 is 26.9. The molecule has 4 nitrogen and oxygen atoms in total. The van der Waals surface area contributed by atoms with Gasteiger partial charge in [-0.15, -0.1) is 0 Å². The van der Waals surface area contributed by atoms with Crippen LogP contribution in [-0.2, 0) is 0 Å². The van der Waals surface area contributed by atoms with Crippen molar-refractivity contribution >= 4 is 11.6 Å². The molecule has 0 fully saturated rings. The Morgan fingerprint density at radius 1 is 1.30 bits per heavy atom. The van der Waals surface area contributed by atoms with E-state index in [1.165, 1.54) is 0 Å². The Balaban J connectivity index is 3.02. The lowest BCUT2D eigenvalue weighted by molar-refractivity contribution is 0.0678. The third-order valence-electron chi connectivity index (χ3n) is 3.09. The smallest absolute Gasteiger partial charge is 0.254 e. The van der Waals surface area contributed by atoms with Crippen molar-refractivity contribution in [3.05, 3.63) is 29.3 Å². The molecule has 1 aromatic carbocycles. The van der Waals surface area contributed by atoms with Gasteiger partial charge in [-0.3, -0.25) is 4.79 Å². The van der Waals surface area contributed by atoms with E-state index in [1.807, 2.05) is 32.8 Å². The number of halogens is 2. The average molecular weight is 285 g/mol. The molecule has 1 aromatic rings. The van der Waals surface area contributed by atoms with Gasteiger partial charge in [0, 0.05) is 24.7 Å². The zero-order chi connectivity index (χ0) is 15.4. The molecule has 1 amide bonds. The number of likely N-dealkylation sites (N-methyl/N-ethyl adjacent to an activating group) is 2. The van der Waals surface area contributed by atoms with Crippen LogP contribution in [0.1, 0.15) is 24.2 Å². The molecule has 1 atom stereocenters. The van der Waals surface area contributed by atoms with Gasteiger partial charge in [0.1, 0.15) is 17.3 Å². The van der Waals surface area contributed by atoms with Crippen molar-refractivity contribution < 1.29 is 13.6 Å². The second-order valence-electron chi connectivity index (χ2n) is 5.06. The topological polar surface area (TPSA) is 49.6 Å². The van der Waals surface area contributed by atoms with Gasteiger partial charge in [-0.05, 0) is 40.1 Å². The molecule has 0 saturated heterocycles. The molecule has 2 N–H and O–H groups in total. The van der Waals surface area contributed by atoms with Crippen LogP contribution >= 0.6 is 0 Å². The van der Waals surface area contributed by atoms with Crippen LogP contribution in [0.4, 0.5) is 14.5 Å². The number of anilines is 1. The Morgan fingerprint density at radius 2 is 1.80 bits per heavy atom. The highest BCUT2D eigenvalue weighted by Gasteiger charge is 2.22. The van der Waals surface area contributed by atoms with E-state index in [0.29, 0.717) is 13.1 Å². The third kappa shape index (κ3) is 3.66. The maximum atomic E-state index is 13.4. The number of carbonyl (C=O) groups is 1. The first-order chi connectivity index (χ1) is 9.27. The number of nitrogen functional groups attached to an aromatic ring is 1. The molecular formula is C14H21F2N3O. The van der Waals surface area contributed by atoms with E-state index in [9.17, 15) is 13.6 Å². The van der Waals surface area contributed by atoms with Crippen LogP contribution in [0.2, 0.25) is 0 Å². The predicted molar refractivity (Wildman–Crippen MR) is 75.5 cm³/mol. The lowest BCUT2D eigenvalue weighted by atomic mass is 10.1. The number of hydrogen-bond acceptors (Lipinski definition) is 3. The monoisotopic (exact) mass is 285 g/mol. The Kier molecular flexibility index (Phi) is 5.44. The van der Waals surface area contributed by atoms with E-state index in [0.717, 1.165) is 12.1 Å². The van der Waals surface area contributed by atoms with Gasteiger partial charge in [-0.2, -0.15) is 0 Å². The summed E-state index contributed by atoms with van der Waals surface area (Å²) in [7, 11) is 3.80. The largest absolute Gasteiger partial charge is 0.394 e. The standard InChI is InChI=1S/C14H21F2N3O/c1-5-19(9(2)8-18(3)4)14(20)10-6-11(15)13(17)12(16)7-10/h6-7,9H,5,8,17H2,1-4H3. The van der Waals surface area contributed by atoms with Crippen molar-refractivity contribution in [2.24, 2.45) is 0 Å². The fourth-order valence-corrected chi connectivity index (χ4v) is 2.16. The van der Waals surface area contributed by atoms with Crippen molar-refractivity contribution in [1.82, 2.24) is 9.80 Å². The van der Waals surface area contributed by atoms with Gasteiger partial charge in [0.15, 0.2) is 0 Å². The van der Waals surface area contributed by atoms with E-state index >= 15 is 0 Å². The minimum Gasteiger partial charge on any atom is -0.394 e. The first-order valence-electron chi connectivity index (χ1n) is 6.48. The van der Waals surface area contributed by atoms with Crippen molar-refractivity contribution in [1.29, 1.82) is 0 Å². The summed E-state index contributed by atoms with van der Waals surface area (Å²) >= 11 is 0. The maximum Gasteiger partial charge on any atom is 0.254 e. The number of rotatable bonds is 5. The van der Waals surface area contributed by atoms with Crippen LogP contribution in [0.25, 0.3) is 0 Å². The molecule has 0 aliphatic heterocycles. The predicted octanol–water partition coefficient (Wildman–Crippen LogP) is 1.96. The van der Waals surface area contributed by atoms with Crippen molar-refractivity contribution in [3.8, 4) is 0 Å². The lowest BCUT2D eigenvalue weighted by Crippen LogP contribution is -2.43. The molecule has 20 heavy (non-hydrogen) atoms. The Morgan fingerprint density at radius 3 is 2.20 bits per heavy atom. The average Bonchev–Trinajstić information content (AvgIpc) is 2.35. The summed E-state index contributed by atoms with van der Waals surface area (Å²) in [5.41, 5.74) is 4.61. The molecule has 0 radical (unpaired) electrons. The van der Waals surface area contributed by atoms with Crippen LogP contribution in [0.15, 0.2) is 12.1 Å². The van der Waals surface area contributed by atoms with E-state index in [2.05, 4.69) is 0 Å². The van der Waals surface area contributed by atoms with Gasteiger partial charge < -0.3 is 15.5 Å². The summed E-state index contributed by atoms with van der Waals surface area (Å²) in [4.78, 5) is 15.9. The minimum atomic E-state index is -0.912. The van der Waals surface area contributed by atoms with Crippen LogP contribution < -0.4 is 5.73 Å². The van der Waals surface area contributed by atoms with E-state index in [1.54, 1.807) is 4.90 Å². The SMILES string of the molecule is CCN(C(=O)c1cc(F)c(N)c(F)c1)C(C)CN(C)C. The highest BCUT2D eigenvalue weighted by atomic mass is 19.1. The van der Waals surface area contributed by atoms with Gasteiger partial charge in [0.2, 0.25) is 0 Å². The minimum absolute atomic E-state index is 0.0262. The van der Waals surface area contributed by atoms with Gasteiger partial charge in [-0.25, -0.2) is 8.78 Å². The zero-order valence-electron chi connectivity index (χ0n) is 12.3. The Hall–Kier alpha value is -1.69. The number of hydrogen-bond donors (Lipinski definition) is 1. The summed E-state index contributed by atoms with van der Waals surface area (Å²) in [5, 5.41) is 0. The number of nitrogens with two attached hydrogens (primary N) is 1. The van der Waals surface area contributed by atoms with Crippen LogP contribution in [0, 0.1) is 11.6 Å². The zero-order valence-corrected chi connectivity index (χ0v) is 12.3. The highest BCUT2D eigenvalue weighted by Crippen LogP contribution is 2.19. The van der Waals surface area contributed by atoms with Gasteiger partial charge in [0.05, 0.1) is 0 Å². The van der Waals surface area contributed by atoms with Gasteiger partial charge >= 0.3 is 0 Å². The summed E-state index contributed by atoms with van der Waals surface area (Å²) in [6.45, 7) is 4.85. The quantitative estimate of drug-likeness (QED) is 0.841. The number of nitrogens with zero attached hydrogens (tertiary/aromatic N) is 2. The van der Waals surface area contributed by atoms with E-state index < -0.39 is 23.2 Å². The third-order valence-corrected chi connectivity index (χ3v) is 3.09. The molecule has 0 aliphatic carbocycles. The molecule has 0 saturated carbocycles. The van der Waals surface area contributed by atoms with Crippen LogP contribution in [-0.4, -0.2) is 48.9 Å². The molecule has 0 bridgehead atoms. The fourth-order valence-electron chi connectivity index (χ4n) is 2.16. The van der Waals surface area contributed by atoms with Gasteiger partial charge in [-0.1, -0.05) is 0 Å². The molecule has 112 valence electrons. The van der Waals surface area contributed by atoms with Crippen LogP contribution in [0.5, 0.6) is 0 Å². The second-order valence-corrected chi connectivity index (χ2v) is 5.06. The first kappa shape index (κ1) is 16.4. The Labute approximate surface area is 118 Å². The molecule has 0 aliphatic rings. The molecule has 1 unspecified atom stereocenters. The van der Waals surface area contributed by atoms with E-state index in [-0.39, 0.29) is 11.6 Å². The van der Waals surface area contributed by atoms with E-state index in [4.69, 9.17) is 5.73 Å². The molecular weight excluding hydrogens is 264 g/mol. The normalized spacial score (nSPS) is 12.6. The summed E-state index contributed by atoms with van der Waals surface area (Å²) in [6.07, 6.45) is 0. The molecule has 6 heteroatoms. The second kappa shape index (κ2) is 6.65. The van der Waals surface area contributed by atoms with Crippen molar-refractivity contribution in [2.75, 3.05) is 32.9 Å². The summed E-state index contributed by atoms with van der Waals surface area (Å²) in [5.74, 6) is -2.23. The van der Waals surface area contributed by atoms with Crippen molar-refractivity contribution in [2.45, 2.75) is 19.9 Å². The maximum absolute atomic E-state index is 13.4. The van der Waals surface area contributed by atoms with Crippen LogP contribution in [0.3, 0.4) is 0 Å². The van der Waals surface area contributed by atoms with Gasteiger partial charge in [0.25, 0.3) is 5.91 Å². The lowest BCUT2D eigenvalue weighted by Gasteiger charge is -2.30. The van der Waals surface area contributed by atoms with Crippen molar-refractivity contribution in [3.63, 3.8) is 0 Å². The number of carbonyl (C=O) groups excluding carboxylic acids is 1. The summed E-state index contributed by atoms with van der Waals surface area (Å²) in [6, 6.07) is 1.89.